The molecular formula is C13H11ClF3NO3. The number of nitrogens with zero attached hydrogens (tertiary/aromatic N) is 1. The standard InChI is InChI=1S/C13H11ClF3NO3/c1-21-12(20)7-5-10(19)18(6-7)9-4-2-3-8(11(9)14)13(15,16)17/h2-4,7H,5-6H2,1H3. The predicted molar refractivity (Wildman–Crippen MR) is 68.9 cm³/mol. The Hall–Kier alpha value is -1.76. The van der Waals surface area contributed by atoms with Crippen molar-refractivity contribution in [2.75, 3.05) is 18.6 Å². The van der Waals surface area contributed by atoms with E-state index in [1.54, 1.807) is 0 Å². The van der Waals surface area contributed by atoms with Gasteiger partial charge in [-0.15, -0.1) is 0 Å². The first-order valence-electron chi connectivity index (χ1n) is 5.99. The predicted octanol–water partition coefficient (Wildman–Crippen LogP) is 2.88. The number of carbonyl (C=O) groups is 2. The fourth-order valence-corrected chi connectivity index (χ4v) is 2.55. The smallest absolute Gasteiger partial charge is 0.417 e. The molecule has 1 aliphatic heterocycles. The lowest BCUT2D eigenvalue weighted by atomic mass is 10.1. The van der Waals surface area contributed by atoms with Crippen molar-refractivity contribution in [2.45, 2.75) is 12.6 Å². The van der Waals surface area contributed by atoms with Crippen molar-refractivity contribution < 1.29 is 27.5 Å². The molecule has 114 valence electrons. The number of esters is 1. The molecule has 1 heterocycles. The molecule has 0 aliphatic carbocycles. The number of hydrogen-bond acceptors (Lipinski definition) is 3. The number of carbonyl (C=O) groups excluding carboxylic acids is 2. The summed E-state index contributed by atoms with van der Waals surface area (Å²) in [4.78, 5) is 24.4. The minimum absolute atomic E-state index is 0.0491. The second-order valence-corrected chi connectivity index (χ2v) is 4.94. The average molecular weight is 322 g/mol. The van der Waals surface area contributed by atoms with Gasteiger partial charge in [0.05, 0.1) is 29.3 Å². The molecule has 1 aromatic rings. The number of benzene rings is 1. The summed E-state index contributed by atoms with van der Waals surface area (Å²) in [6.07, 6.45) is -4.73. The van der Waals surface area contributed by atoms with E-state index in [2.05, 4.69) is 4.74 Å². The fourth-order valence-electron chi connectivity index (χ4n) is 2.21. The van der Waals surface area contributed by atoms with Crippen LogP contribution in [-0.4, -0.2) is 25.5 Å². The van der Waals surface area contributed by atoms with E-state index in [1.165, 1.54) is 19.2 Å². The van der Waals surface area contributed by atoms with E-state index in [9.17, 15) is 22.8 Å². The summed E-state index contributed by atoms with van der Waals surface area (Å²) in [7, 11) is 1.19. The first-order valence-corrected chi connectivity index (χ1v) is 6.37. The number of hydrogen-bond donors (Lipinski definition) is 0. The van der Waals surface area contributed by atoms with Crippen molar-refractivity contribution in [3.05, 3.63) is 28.8 Å². The lowest BCUT2D eigenvalue weighted by Crippen LogP contribution is -2.27. The Kier molecular flexibility index (Phi) is 4.13. The highest BCUT2D eigenvalue weighted by atomic mass is 35.5. The molecule has 0 radical (unpaired) electrons. The van der Waals surface area contributed by atoms with Crippen molar-refractivity contribution in [1.29, 1.82) is 0 Å². The SMILES string of the molecule is COC(=O)C1CC(=O)N(c2cccc(C(F)(F)F)c2Cl)C1. The highest BCUT2D eigenvalue weighted by Crippen LogP contribution is 2.40. The second kappa shape index (κ2) is 5.55. The highest BCUT2D eigenvalue weighted by Gasteiger charge is 2.39. The van der Waals surface area contributed by atoms with Crippen LogP contribution in [0.1, 0.15) is 12.0 Å². The molecule has 1 atom stereocenters. The van der Waals surface area contributed by atoms with Gasteiger partial charge in [0.1, 0.15) is 0 Å². The molecule has 4 nitrogen and oxygen atoms in total. The molecule has 1 aliphatic rings. The van der Waals surface area contributed by atoms with E-state index in [0.29, 0.717) is 0 Å². The minimum Gasteiger partial charge on any atom is -0.469 e. The molecule has 1 unspecified atom stereocenters. The van der Waals surface area contributed by atoms with Crippen molar-refractivity contribution in [1.82, 2.24) is 0 Å². The molecule has 0 N–H and O–H groups in total. The van der Waals surface area contributed by atoms with Gasteiger partial charge in [0.2, 0.25) is 5.91 Å². The zero-order valence-electron chi connectivity index (χ0n) is 10.9. The monoisotopic (exact) mass is 321 g/mol. The van der Waals surface area contributed by atoms with Gasteiger partial charge in [0.15, 0.2) is 0 Å². The highest BCUT2D eigenvalue weighted by molar-refractivity contribution is 6.34. The molecule has 1 fully saturated rings. The number of alkyl halides is 3. The van der Waals surface area contributed by atoms with Crippen LogP contribution in [-0.2, 0) is 20.5 Å². The van der Waals surface area contributed by atoms with Crippen LogP contribution in [0, 0.1) is 5.92 Å². The minimum atomic E-state index is -4.61. The van der Waals surface area contributed by atoms with Crippen molar-refractivity contribution in [2.24, 2.45) is 5.92 Å². The van der Waals surface area contributed by atoms with Crippen LogP contribution in [0.4, 0.5) is 18.9 Å². The van der Waals surface area contributed by atoms with E-state index in [1.807, 2.05) is 0 Å². The van der Waals surface area contributed by atoms with Crippen LogP contribution in [0.5, 0.6) is 0 Å². The molecule has 1 aromatic carbocycles. The average Bonchev–Trinajstić information content (AvgIpc) is 2.79. The van der Waals surface area contributed by atoms with Crippen LogP contribution < -0.4 is 4.90 Å². The normalized spacial score (nSPS) is 19.0. The van der Waals surface area contributed by atoms with Gasteiger partial charge >= 0.3 is 12.1 Å². The van der Waals surface area contributed by atoms with E-state index in [0.717, 1.165) is 11.0 Å². The molecule has 0 bridgehead atoms. The molecule has 8 heteroatoms. The Balaban J connectivity index is 2.35. The topological polar surface area (TPSA) is 46.6 Å². The van der Waals surface area contributed by atoms with Gasteiger partial charge in [-0.2, -0.15) is 13.2 Å². The third-order valence-corrected chi connectivity index (χ3v) is 3.63. The second-order valence-electron chi connectivity index (χ2n) is 4.56. The molecule has 1 amide bonds. The van der Waals surface area contributed by atoms with Gasteiger partial charge in [0.25, 0.3) is 0 Å². The third kappa shape index (κ3) is 2.97. The van der Waals surface area contributed by atoms with E-state index in [-0.39, 0.29) is 18.7 Å². The Labute approximate surface area is 123 Å². The summed E-state index contributed by atoms with van der Waals surface area (Å²) in [6.45, 7) is -0.0491. The van der Waals surface area contributed by atoms with E-state index < -0.39 is 34.6 Å². The Morgan fingerprint density at radius 2 is 2.10 bits per heavy atom. The Bertz CT molecular complexity index is 589. The number of rotatable bonds is 2. The van der Waals surface area contributed by atoms with Gasteiger partial charge in [0, 0.05) is 13.0 Å². The lowest BCUT2D eigenvalue weighted by Gasteiger charge is -2.20. The van der Waals surface area contributed by atoms with Gasteiger partial charge in [-0.25, -0.2) is 0 Å². The number of amides is 1. The number of anilines is 1. The van der Waals surface area contributed by atoms with Gasteiger partial charge < -0.3 is 9.64 Å². The molecule has 0 spiro atoms. The maximum atomic E-state index is 12.8. The summed E-state index contributed by atoms with van der Waals surface area (Å²) < 4.78 is 43.0. The zero-order chi connectivity index (χ0) is 15.8. The fraction of sp³-hybridized carbons (Fsp3) is 0.385. The number of methoxy groups -OCH3 is 1. The molecular weight excluding hydrogens is 311 g/mol. The van der Waals surface area contributed by atoms with E-state index >= 15 is 0 Å². The number of halogens is 4. The molecule has 1 saturated heterocycles. The third-order valence-electron chi connectivity index (χ3n) is 3.23. The summed E-state index contributed by atoms with van der Waals surface area (Å²) in [5.41, 5.74) is -1.07. The Morgan fingerprint density at radius 1 is 1.43 bits per heavy atom. The quantitative estimate of drug-likeness (QED) is 0.787. The molecule has 2 rings (SSSR count). The van der Waals surface area contributed by atoms with Crippen LogP contribution in [0.15, 0.2) is 18.2 Å². The van der Waals surface area contributed by atoms with Gasteiger partial charge in [-0.1, -0.05) is 17.7 Å². The maximum Gasteiger partial charge on any atom is 0.417 e. The molecule has 21 heavy (non-hydrogen) atoms. The first kappa shape index (κ1) is 15.6. The summed E-state index contributed by atoms with van der Waals surface area (Å²) in [5.74, 6) is -1.74. The van der Waals surface area contributed by atoms with Crippen molar-refractivity contribution in [3.8, 4) is 0 Å². The van der Waals surface area contributed by atoms with Crippen LogP contribution >= 0.6 is 11.6 Å². The summed E-state index contributed by atoms with van der Waals surface area (Å²) in [5, 5.41) is -0.552. The maximum absolute atomic E-state index is 12.8. The molecule has 0 saturated carbocycles. The van der Waals surface area contributed by atoms with Crippen LogP contribution in [0.3, 0.4) is 0 Å². The Morgan fingerprint density at radius 3 is 2.67 bits per heavy atom. The lowest BCUT2D eigenvalue weighted by molar-refractivity contribution is -0.145. The van der Waals surface area contributed by atoms with Crippen molar-refractivity contribution >= 4 is 29.2 Å². The van der Waals surface area contributed by atoms with Gasteiger partial charge in [-0.05, 0) is 12.1 Å². The van der Waals surface area contributed by atoms with E-state index in [4.69, 9.17) is 11.6 Å². The van der Waals surface area contributed by atoms with Crippen molar-refractivity contribution in [3.63, 3.8) is 0 Å². The first-order chi connectivity index (χ1) is 9.75. The van der Waals surface area contributed by atoms with Crippen LogP contribution in [0.25, 0.3) is 0 Å². The molecule has 0 aromatic heterocycles. The summed E-state index contributed by atoms with van der Waals surface area (Å²) >= 11 is 5.77. The summed E-state index contributed by atoms with van der Waals surface area (Å²) in [6, 6.07) is 3.32. The largest absolute Gasteiger partial charge is 0.469 e. The van der Waals surface area contributed by atoms with Gasteiger partial charge in [-0.3, -0.25) is 9.59 Å². The zero-order valence-corrected chi connectivity index (χ0v) is 11.7. The van der Waals surface area contributed by atoms with Crippen LogP contribution in [0.2, 0.25) is 5.02 Å². The number of ether oxygens (including phenoxy) is 1.